The number of aromatic nitrogens is 3. The summed E-state index contributed by atoms with van der Waals surface area (Å²) in [6.07, 6.45) is 1.56. The molecule has 3 aromatic rings. The van der Waals surface area contributed by atoms with E-state index in [2.05, 4.69) is 20.7 Å². The fraction of sp³-hybridized carbons (Fsp3) is 0.300. The molecule has 0 saturated heterocycles. The first-order valence-corrected chi connectivity index (χ1v) is 8.93. The van der Waals surface area contributed by atoms with Crippen molar-refractivity contribution in [1.29, 1.82) is 0 Å². The molecule has 2 heterocycles. The number of hydrogen-bond donors (Lipinski definition) is 2. The van der Waals surface area contributed by atoms with Crippen molar-refractivity contribution in [2.24, 2.45) is 13.0 Å². The molecule has 0 fully saturated rings. The fourth-order valence-electron chi connectivity index (χ4n) is 2.96. The van der Waals surface area contributed by atoms with Crippen LogP contribution < -0.4 is 10.6 Å². The molecule has 0 spiro atoms. The highest BCUT2D eigenvalue weighted by atomic mass is 19.1. The van der Waals surface area contributed by atoms with Crippen LogP contribution in [0.2, 0.25) is 0 Å². The molecular formula is C20H22FN5O2. The minimum absolute atomic E-state index is 0.152. The predicted molar refractivity (Wildman–Crippen MR) is 104 cm³/mol. The van der Waals surface area contributed by atoms with Gasteiger partial charge in [0.25, 0.3) is 5.91 Å². The zero-order valence-corrected chi connectivity index (χ0v) is 16.2. The largest absolute Gasteiger partial charge is 0.340 e. The van der Waals surface area contributed by atoms with Gasteiger partial charge in [-0.1, -0.05) is 13.8 Å². The number of rotatable bonds is 5. The Bertz CT molecular complexity index is 1030. The zero-order chi connectivity index (χ0) is 20.4. The van der Waals surface area contributed by atoms with Gasteiger partial charge in [0.05, 0.1) is 17.6 Å². The molecule has 2 aromatic heterocycles. The first kappa shape index (κ1) is 19.5. The van der Waals surface area contributed by atoms with Crippen molar-refractivity contribution in [1.82, 2.24) is 20.1 Å². The number of nitrogens with zero attached hydrogens (tertiary/aromatic N) is 3. The van der Waals surface area contributed by atoms with E-state index in [1.165, 1.54) is 24.3 Å². The summed E-state index contributed by atoms with van der Waals surface area (Å²) in [5.41, 5.74) is 2.34. The van der Waals surface area contributed by atoms with Gasteiger partial charge >= 0.3 is 0 Å². The molecule has 0 unspecified atom stereocenters. The molecule has 1 aromatic carbocycles. The van der Waals surface area contributed by atoms with Gasteiger partial charge < -0.3 is 10.6 Å². The van der Waals surface area contributed by atoms with E-state index in [1.54, 1.807) is 17.9 Å². The van der Waals surface area contributed by atoms with Crippen molar-refractivity contribution in [3.8, 4) is 0 Å². The van der Waals surface area contributed by atoms with Gasteiger partial charge in [0.1, 0.15) is 11.9 Å². The number of amides is 2. The minimum Gasteiger partial charge on any atom is -0.340 e. The normalized spacial score (nSPS) is 12.2. The van der Waals surface area contributed by atoms with Gasteiger partial charge in [-0.15, -0.1) is 0 Å². The van der Waals surface area contributed by atoms with E-state index >= 15 is 0 Å². The van der Waals surface area contributed by atoms with Gasteiger partial charge in [0.2, 0.25) is 5.91 Å². The van der Waals surface area contributed by atoms with Gasteiger partial charge in [-0.3, -0.25) is 14.3 Å². The summed E-state index contributed by atoms with van der Waals surface area (Å²) in [7, 11) is 1.81. The number of aryl methyl sites for hydroxylation is 2. The van der Waals surface area contributed by atoms with Crippen molar-refractivity contribution in [3.05, 3.63) is 53.6 Å². The van der Waals surface area contributed by atoms with Crippen LogP contribution in [0.4, 0.5) is 10.1 Å². The average Bonchev–Trinajstić information content (AvgIpc) is 2.93. The van der Waals surface area contributed by atoms with E-state index < -0.39 is 17.8 Å². The smallest absolute Gasteiger partial charge is 0.251 e. The number of benzene rings is 1. The highest BCUT2D eigenvalue weighted by Crippen LogP contribution is 2.20. The third kappa shape index (κ3) is 4.00. The molecule has 0 aliphatic rings. The molecular weight excluding hydrogens is 361 g/mol. The molecule has 0 aliphatic carbocycles. The molecule has 146 valence electrons. The molecule has 0 bridgehead atoms. The lowest BCUT2D eigenvalue weighted by Crippen LogP contribution is -2.47. The van der Waals surface area contributed by atoms with E-state index in [9.17, 15) is 14.0 Å². The maximum atomic E-state index is 13.0. The quantitative estimate of drug-likeness (QED) is 0.709. The minimum atomic E-state index is -0.761. The maximum absolute atomic E-state index is 13.0. The van der Waals surface area contributed by atoms with Crippen LogP contribution in [-0.4, -0.2) is 32.6 Å². The van der Waals surface area contributed by atoms with E-state index in [-0.39, 0.29) is 17.4 Å². The Morgan fingerprint density at radius 1 is 1.18 bits per heavy atom. The molecule has 1 atom stereocenters. The maximum Gasteiger partial charge on any atom is 0.251 e. The Morgan fingerprint density at radius 3 is 2.50 bits per heavy atom. The Balaban J connectivity index is 1.76. The first-order chi connectivity index (χ1) is 13.3. The van der Waals surface area contributed by atoms with Crippen LogP contribution in [0.5, 0.6) is 0 Å². The lowest BCUT2D eigenvalue weighted by atomic mass is 10.0. The molecule has 0 radical (unpaired) electrons. The van der Waals surface area contributed by atoms with Crippen LogP contribution in [0, 0.1) is 18.7 Å². The summed E-state index contributed by atoms with van der Waals surface area (Å²) in [6.45, 7) is 5.54. The molecule has 2 amide bonds. The second kappa shape index (κ2) is 7.75. The van der Waals surface area contributed by atoms with Crippen LogP contribution in [0.1, 0.15) is 29.9 Å². The Hall–Kier alpha value is -3.29. The Kier molecular flexibility index (Phi) is 5.39. The van der Waals surface area contributed by atoms with Gasteiger partial charge in [-0.05, 0) is 43.2 Å². The summed E-state index contributed by atoms with van der Waals surface area (Å²) in [5, 5.41) is 10.7. The van der Waals surface area contributed by atoms with E-state index in [0.717, 1.165) is 16.7 Å². The topological polar surface area (TPSA) is 88.9 Å². The van der Waals surface area contributed by atoms with Crippen LogP contribution in [0.15, 0.2) is 36.5 Å². The van der Waals surface area contributed by atoms with Crippen LogP contribution in [0.3, 0.4) is 0 Å². The third-order valence-corrected chi connectivity index (χ3v) is 4.47. The average molecular weight is 383 g/mol. The molecule has 28 heavy (non-hydrogen) atoms. The summed E-state index contributed by atoms with van der Waals surface area (Å²) < 4.78 is 14.7. The van der Waals surface area contributed by atoms with Crippen molar-refractivity contribution in [2.45, 2.75) is 26.8 Å². The number of anilines is 1. The number of carbonyl (C=O) groups excluding carboxylic acids is 2. The molecule has 0 aliphatic heterocycles. The third-order valence-electron chi connectivity index (χ3n) is 4.47. The highest BCUT2D eigenvalue weighted by Gasteiger charge is 2.25. The van der Waals surface area contributed by atoms with Gasteiger partial charge in [0, 0.05) is 18.0 Å². The molecule has 8 heteroatoms. The van der Waals surface area contributed by atoms with Gasteiger partial charge in [0.15, 0.2) is 5.65 Å². The van der Waals surface area contributed by atoms with E-state index in [1.807, 2.05) is 26.8 Å². The molecule has 0 saturated carbocycles. The summed E-state index contributed by atoms with van der Waals surface area (Å²) in [4.78, 5) is 29.5. The number of carbonyl (C=O) groups is 2. The zero-order valence-electron chi connectivity index (χ0n) is 16.2. The number of hydrogen-bond acceptors (Lipinski definition) is 4. The fourth-order valence-corrected chi connectivity index (χ4v) is 2.96. The lowest BCUT2D eigenvalue weighted by molar-refractivity contribution is -0.118. The van der Waals surface area contributed by atoms with Crippen molar-refractivity contribution in [3.63, 3.8) is 0 Å². The summed E-state index contributed by atoms with van der Waals surface area (Å²) in [6, 6.07) is 6.21. The lowest BCUT2D eigenvalue weighted by Gasteiger charge is -2.21. The monoisotopic (exact) mass is 383 g/mol. The van der Waals surface area contributed by atoms with Crippen molar-refractivity contribution < 1.29 is 14.0 Å². The van der Waals surface area contributed by atoms with Gasteiger partial charge in [-0.2, -0.15) is 5.10 Å². The predicted octanol–water partition coefficient (Wildman–Crippen LogP) is 2.81. The first-order valence-electron chi connectivity index (χ1n) is 8.93. The summed E-state index contributed by atoms with van der Waals surface area (Å²) in [5.74, 6) is -1.37. The Labute approximate surface area is 162 Å². The van der Waals surface area contributed by atoms with E-state index in [4.69, 9.17) is 0 Å². The van der Waals surface area contributed by atoms with Crippen LogP contribution in [-0.2, 0) is 11.8 Å². The summed E-state index contributed by atoms with van der Waals surface area (Å²) >= 11 is 0. The SMILES string of the molecule is Cc1nn(C)c2ncc(NC(=O)[C@H](NC(=O)c3ccc(F)cc3)C(C)C)cc12. The van der Waals surface area contributed by atoms with E-state index in [0.29, 0.717) is 5.69 Å². The van der Waals surface area contributed by atoms with Crippen molar-refractivity contribution in [2.75, 3.05) is 5.32 Å². The molecule has 3 rings (SSSR count). The molecule has 2 N–H and O–H groups in total. The number of fused-ring (bicyclic) bond motifs is 1. The molecule has 7 nitrogen and oxygen atoms in total. The number of halogens is 1. The second-order valence-electron chi connectivity index (χ2n) is 7.00. The Morgan fingerprint density at radius 2 is 1.86 bits per heavy atom. The van der Waals surface area contributed by atoms with Crippen LogP contribution in [0.25, 0.3) is 11.0 Å². The van der Waals surface area contributed by atoms with Crippen LogP contribution >= 0.6 is 0 Å². The number of pyridine rings is 1. The van der Waals surface area contributed by atoms with Gasteiger partial charge in [-0.25, -0.2) is 9.37 Å². The standard InChI is InChI=1S/C20H22FN5O2/c1-11(2)17(24-19(27)13-5-7-14(21)8-6-13)20(28)23-15-9-16-12(3)25-26(4)18(16)22-10-15/h5-11,17H,1-4H3,(H,23,28)(H,24,27)/t17-/m1/s1. The number of nitrogens with one attached hydrogen (secondary N) is 2. The van der Waals surface area contributed by atoms with Crippen molar-refractivity contribution >= 4 is 28.5 Å². The highest BCUT2D eigenvalue weighted by molar-refractivity contribution is 6.01. The second-order valence-corrected chi connectivity index (χ2v) is 7.00.